The van der Waals surface area contributed by atoms with E-state index in [0.29, 0.717) is 54.4 Å². The molecule has 3 amide bonds. The van der Waals surface area contributed by atoms with Crippen molar-refractivity contribution >= 4 is 40.5 Å². The average molecular weight is 660 g/mol. The van der Waals surface area contributed by atoms with Gasteiger partial charge in [-0.3, -0.25) is 19.2 Å². The van der Waals surface area contributed by atoms with Crippen molar-refractivity contribution in [2.45, 2.75) is 13.1 Å². The van der Waals surface area contributed by atoms with E-state index in [-0.39, 0.29) is 34.0 Å². The fourth-order valence-electron chi connectivity index (χ4n) is 5.25. The van der Waals surface area contributed by atoms with Crippen LogP contribution < -0.4 is 21.5 Å². The van der Waals surface area contributed by atoms with E-state index in [1.165, 1.54) is 16.7 Å². The van der Waals surface area contributed by atoms with Crippen LogP contribution in [0.25, 0.3) is 11.1 Å². The van der Waals surface area contributed by atoms with Gasteiger partial charge in [-0.15, -0.1) is 0 Å². The van der Waals surface area contributed by atoms with Crippen molar-refractivity contribution in [1.82, 2.24) is 9.47 Å². The topological polar surface area (TPSA) is 122 Å². The standard InChI is InChI=1S/C35H32F3N5O5/c1-4-31(44)40-29-19-25(11-12-27(29)33(46)43-13-15-48-16-14-43)39-30-18-23(20-42(3)34(30)47)26-9-6-10-28(21(26)2)41-32(45)22-7-5-8-24(17-22)35(36,37)38/h4-12,17-20,39H,1,13-16H2,2-3H3,(H,40,44)(H,41,45). The maximum Gasteiger partial charge on any atom is 0.416 e. The Hall–Kier alpha value is -5.69. The summed E-state index contributed by atoms with van der Waals surface area (Å²) in [5.74, 6) is -1.51. The first-order valence-electron chi connectivity index (χ1n) is 14.9. The van der Waals surface area contributed by atoms with E-state index in [4.69, 9.17) is 4.74 Å². The maximum atomic E-state index is 13.3. The van der Waals surface area contributed by atoms with Crippen molar-refractivity contribution in [2.24, 2.45) is 7.05 Å². The Kier molecular flexibility index (Phi) is 9.80. The number of carbonyl (C=O) groups excluding carboxylic acids is 3. The summed E-state index contributed by atoms with van der Waals surface area (Å²) >= 11 is 0. The molecule has 1 saturated heterocycles. The number of carbonyl (C=O) groups is 3. The first-order chi connectivity index (χ1) is 22.8. The lowest BCUT2D eigenvalue weighted by molar-refractivity contribution is -0.137. The van der Waals surface area contributed by atoms with Crippen molar-refractivity contribution in [3.8, 4) is 11.1 Å². The third-order valence-electron chi connectivity index (χ3n) is 7.80. The van der Waals surface area contributed by atoms with Crippen LogP contribution in [0.15, 0.2) is 90.4 Å². The smallest absolute Gasteiger partial charge is 0.378 e. The number of rotatable bonds is 8. The summed E-state index contributed by atoms with van der Waals surface area (Å²) in [5.41, 5.74) is 1.89. The second-order valence-corrected chi connectivity index (χ2v) is 11.1. The number of ether oxygens (including phenoxy) is 1. The molecule has 0 unspecified atom stereocenters. The minimum Gasteiger partial charge on any atom is -0.378 e. The lowest BCUT2D eigenvalue weighted by atomic mass is 9.99. The minimum atomic E-state index is -4.59. The number of alkyl halides is 3. The minimum absolute atomic E-state index is 0.149. The van der Waals surface area contributed by atoms with Crippen molar-refractivity contribution < 1.29 is 32.3 Å². The SMILES string of the molecule is C=CC(=O)Nc1cc(Nc2cc(-c3cccc(NC(=O)c4cccc(C(F)(F)F)c4)c3C)cn(C)c2=O)ccc1C(=O)N1CCOCC1. The molecule has 5 rings (SSSR count). The molecular formula is C35H32F3N5O5. The van der Waals surface area contributed by atoms with Gasteiger partial charge < -0.3 is 30.2 Å². The zero-order valence-corrected chi connectivity index (χ0v) is 26.1. The number of amides is 3. The van der Waals surface area contributed by atoms with Crippen molar-refractivity contribution in [1.29, 1.82) is 0 Å². The fourth-order valence-corrected chi connectivity index (χ4v) is 5.25. The third kappa shape index (κ3) is 7.47. The van der Waals surface area contributed by atoms with Gasteiger partial charge in [0, 0.05) is 48.8 Å². The number of nitrogens with zero attached hydrogens (tertiary/aromatic N) is 2. The molecule has 48 heavy (non-hydrogen) atoms. The molecule has 1 aromatic heterocycles. The Morgan fingerprint density at radius 2 is 1.65 bits per heavy atom. The predicted molar refractivity (Wildman–Crippen MR) is 177 cm³/mol. The molecule has 0 spiro atoms. The van der Waals surface area contributed by atoms with E-state index in [1.54, 1.807) is 67.5 Å². The van der Waals surface area contributed by atoms with Gasteiger partial charge in [-0.05, 0) is 72.7 Å². The average Bonchev–Trinajstić information content (AvgIpc) is 3.07. The molecule has 3 aromatic carbocycles. The highest BCUT2D eigenvalue weighted by Gasteiger charge is 2.31. The molecule has 3 N–H and O–H groups in total. The summed E-state index contributed by atoms with van der Waals surface area (Å²) in [6, 6.07) is 15.6. The first kappa shape index (κ1) is 33.7. The largest absolute Gasteiger partial charge is 0.416 e. The van der Waals surface area contributed by atoms with Crippen LogP contribution in [0.5, 0.6) is 0 Å². The summed E-state index contributed by atoms with van der Waals surface area (Å²) in [4.78, 5) is 53.3. The maximum absolute atomic E-state index is 13.3. The third-order valence-corrected chi connectivity index (χ3v) is 7.80. The van der Waals surface area contributed by atoms with Crippen LogP contribution >= 0.6 is 0 Å². The van der Waals surface area contributed by atoms with Crippen molar-refractivity contribution in [2.75, 3.05) is 42.3 Å². The van der Waals surface area contributed by atoms with Crippen LogP contribution in [0, 0.1) is 6.92 Å². The highest BCUT2D eigenvalue weighted by molar-refractivity contribution is 6.07. The number of halogens is 3. The molecule has 1 aliphatic rings. The Labute approximate surface area is 273 Å². The van der Waals surface area contributed by atoms with E-state index in [9.17, 15) is 32.3 Å². The molecule has 1 fully saturated rings. The van der Waals surface area contributed by atoms with E-state index in [1.807, 2.05) is 0 Å². The van der Waals surface area contributed by atoms with Crippen molar-refractivity contribution in [3.63, 3.8) is 0 Å². The highest BCUT2D eigenvalue weighted by atomic mass is 19.4. The number of anilines is 4. The summed E-state index contributed by atoms with van der Waals surface area (Å²) < 4.78 is 46.3. The lowest BCUT2D eigenvalue weighted by Gasteiger charge is -2.27. The van der Waals surface area contributed by atoms with Crippen LogP contribution in [0.1, 0.15) is 31.8 Å². The van der Waals surface area contributed by atoms with E-state index < -0.39 is 23.6 Å². The number of aryl methyl sites for hydroxylation is 1. The molecular weight excluding hydrogens is 627 g/mol. The molecule has 0 bridgehead atoms. The fraction of sp³-hybridized carbons (Fsp3) is 0.200. The van der Waals surface area contributed by atoms with Gasteiger partial charge in [0.25, 0.3) is 17.4 Å². The van der Waals surface area contributed by atoms with Gasteiger partial charge >= 0.3 is 6.18 Å². The summed E-state index contributed by atoms with van der Waals surface area (Å²) in [6.45, 7) is 6.86. The van der Waals surface area contributed by atoms with Crippen LogP contribution in [0.4, 0.5) is 35.9 Å². The number of morpholine rings is 1. The van der Waals surface area contributed by atoms with Crippen LogP contribution in [-0.4, -0.2) is 53.5 Å². The Morgan fingerprint density at radius 3 is 2.35 bits per heavy atom. The number of aromatic nitrogens is 1. The molecule has 2 heterocycles. The molecule has 0 radical (unpaired) electrons. The molecule has 0 aliphatic carbocycles. The van der Waals surface area contributed by atoms with Crippen LogP contribution in [0.3, 0.4) is 0 Å². The first-order valence-corrected chi connectivity index (χ1v) is 14.9. The number of pyridine rings is 1. The van der Waals surface area contributed by atoms with Crippen LogP contribution in [0.2, 0.25) is 0 Å². The summed E-state index contributed by atoms with van der Waals surface area (Å²) in [5, 5.41) is 8.45. The number of nitrogens with one attached hydrogen (secondary N) is 3. The number of hydrogen-bond acceptors (Lipinski definition) is 6. The second-order valence-electron chi connectivity index (χ2n) is 11.1. The van der Waals surface area contributed by atoms with Gasteiger partial charge in [-0.25, -0.2) is 0 Å². The highest BCUT2D eigenvalue weighted by Crippen LogP contribution is 2.32. The number of hydrogen-bond donors (Lipinski definition) is 3. The normalized spacial score (nSPS) is 13.1. The molecule has 248 valence electrons. The van der Waals surface area contributed by atoms with Gasteiger partial charge in [-0.1, -0.05) is 24.8 Å². The van der Waals surface area contributed by atoms with Gasteiger partial charge in [0.1, 0.15) is 5.69 Å². The van der Waals surface area contributed by atoms with Gasteiger partial charge in [0.05, 0.1) is 30.0 Å². The number of benzene rings is 3. The Bertz CT molecular complexity index is 1970. The molecule has 4 aromatic rings. The quantitative estimate of drug-likeness (QED) is 0.201. The van der Waals surface area contributed by atoms with Crippen LogP contribution in [-0.2, 0) is 22.8 Å². The molecule has 0 saturated carbocycles. The summed E-state index contributed by atoms with van der Waals surface area (Å²) in [6.07, 6.45) is -1.89. The van der Waals surface area contributed by atoms with E-state index >= 15 is 0 Å². The second kappa shape index (κ2) is 14.0. The zero-order chi connectivity index (χ0) is 34.6. The molecule has 10 nitrogen and oxygen atoms in total. The molecule has 1 aliphatic heterocycles. The zero-order valence-electron chi connectivity index (χ0n) is 26.1. The van der Waals surface area contributed by atoms with Gasteiger partial charge in [0.15, 0.2) is 0 Å². The Balaban J connectivity index is 1.44. The predicted octanol–water partition coefficient (Wildman–Crippen LogP) is 5.97. The molecule has 13 heteroatoms. The van der Waals surface area contributed by atoms with E-state index in [2.05, 4.69) is 22.5 Å². The molecule has 0 atom stereocenters. The lowest BCUT2D eigenvalue weighted by Crippen LogP contribution is -2.41. The van der Waals surface area contributed by atoms with Gasteiger partial charge in [0.2, 0.25) is 5.91 Å². The van der Waals surface area contributed by atoms with Crippen molar-refractivity contribution in [3.05, 3.63) is 118 Å². The van der Waals surface area contributed by atoms with E-state index in [0.717, 1.165) is 18.2 Å². The monoisotopic (exact) mass is 659 g/mol. The van der Waals surface area contributed by atoms with Gasteiger partial charge in [-0.2, -0.15) is 13.2 Å². The summed E-state index contributed by atoms with van der Waals surface area (Å²) in [7, 11) is 1.57. The Morgan fingerprint density at radius 1 is 0.917 bits per heavy atom.